The molecule has 3 rings (SSSR count). The van der Waals surface area contributed by atoms with Gasteiger partial charge in [-0.25, -0.2) is 9.97 Å². The molecule has 1 aromatic heterocycles. The van der Waals surface area contributed by atoms with Crippen LogP contribution in [0.4, 0.5) is 30.5 Å². The van der Waals surface area contributed by atoms with Gasteiger partial charge >= 0.3 is 6.18 Å². The number of aromatic nitrogens is 2. The Kier molecular flexibility index (Phi) is 4.73. The zero-order chi connectivity index (χ0) is 17.9. The summed E-state index contributed by atoms with van der Waals surface area (Å²) in [6.45, 7) is 2.39. The van der Waals surface area contributed by atoms with Crippen LogP contribution in [0.2, 0.25) is 0 Å². The summed E-state index contributed by atoms with van der Waals surface area (Å²) in [5, 5.41) is 3.01. The summed E-state index contributed by atoms with van der Waals surface area (Å²) in [7, 11) is 0. The van der Waals surface area contributed by atoms with Crippen LogP contribution in [0.1, 0.15) is 5.56 Å². The summed E-state index contributed by atoms with van der Waals surface area (Å²) in [6.07, 6.45) is -0.485. The number of carbonyl (C=O) groups excluding carboxylic acids is 1. The fraction of sp³-hybridized carbons (Fsp3) is 0.312. The number of piperazine rings is 1. The fourth-order valence-corrected chi connectivity index (χ4v) is 2.57. The van der Waals surface area contributed by atoms with Gasteiger partial charge in [-0.2, -0.15) is 13.2 Å². The Morgan fingerprint density at radius 1 is 1.00 bits per heavy atom. The highest BCUT2D eigenvalue weighted by atomic mass is 19.4. The van der Waals surface area contributed by atoms with Gasteiger partial charge < -0.3 is 15.1 Å². The van der Waals surface area contributed by atoms with Crippen LogP contribution in [0.15, 0.2) is 36.7 Å². The average molecular weight is 351 g/mol. The van der Waals surface area contributed by atoms with Crippen LogP contribution in [0.25, 0.3) is 0 Å². The molecule has 0 radical (unpaired) electrons. The highest BCUT2D eigenvalue weighted by Gasteiger charge is 2.30. The van der Waals surface area contributed by atoms with E-state index in [1.807, 2.05) is 4.90 Å². The molecule has 0 atom stereocenters. The zero-order valence-electron chi connectivity index (χ0n) is 13.2. The maximum absolute atomic E-state index is 12.6. The number of hydrogen-bond acceptors (Lipinski definition) is 5. The Morgan fingerprint density at radius 2 is 1.64 bits per heavy atom. The van der Waals surface area contributed by atoms with Gasteiger partial charge in [-0.3, -0.25) is 4.79 Å². The Balaban J connectivity index is 1.76. The lowest BCUT2D eigenvalue weighted by Crippen LogP contribution is -2.46. The van der Waals surface area contributed by atoms with Crippen molar-refractivity contribution in [2.45, 2.75) is 6.18 Å². The number of carbonyl (C=O) groups is 1. The van der Waals surface area contributed by atoms with E-state index in [-0.39, 0.29) is 0 Å². The molecule has 25 heavy (non-hydrogen) atoms. The van der Waals surface area contributed by atoms with Crippen LogP contribution in [-0.4, -0.2) is 47.5 Å². The molecule has 0 unspecified atom stereocenters. The molecule has 2 aromatic rings. The molecule has 1 amide bonds. The van der Waals surface area contributed by atoms with Gasteiger partial charge in [-0.15, -0.1) is 0 Å². The van der Waals surface area contributed by atoms with Crippen LogP contribution in [-0.2, 0) is 11.0 Å². The monoisotopic (exact) mass is 351 g/mol. The molecule has 0 spiro atoms. The van der Waals surface area contributed by atoms with E-state index in [9.17, 15) is 18.0 Å². The minimum Gasteiger partial charge on any atom is -0.350 e. The first-order chi connectivity index (χ1) is 12.0. The molecule has 0 saturated carbocycles. The fourth-order valence-electron chi connectivity index (χ4n) is 2.57. The van der Waals surface area contributed by atoms with Gasteiger partial charge in [-0.1, -0.05) is 0 Å². The van der Waals surface area contributed by atoms with Crippen LogP contribution in [0.5, 0.6) is 0 Å². The van der Waals surface area contributed by atoms with Crippen molar-refractivity contribution in [2.24, 2.45) is 0 Å². The summed E-state index contributed by atoms with van der Waals surface area (Å²) in [5.41, 5.74) is -0.219. The third-order valence-electron chi connectivity index (χ3n) is 3.92. The Hall–Kier alpha value is -2.84. The second kappa shape index (κ2) is 6.96. The van der Waals surface area contributed by atoms with Crippen LogP contribution in [0.3, 0.4) is 0 Å². The van der Waals surface area contributed by atoms with Crippen molar-refractivity contribution in [3.63, 3.8) is 0 Å². The number of alkyl halides is 3. The SMILES string of the molecule is O=CN1CCN(c2nccnc2Nc2ccc(C(F)(F)F)cc2)CC1. The van der Waals surface area contributed by atoms with E-state index >= 15 is 0 Å². The van der Waals surface area contributed by atoms with Gasteiger partial charge in [0.25, 0.3) is 0 Å². The van der Waals surface area contributed by atoms with Crippen LogP contribution in [0, 0.1) is 0 Å². The minimum absolute atomic E-state index is 0.460. The normalized spacial score (nSPS) is 15.2. The number of benzene rings is 1. The molecular weight excluding hydrogens is 335 g/mol. The summed E-state index contributed by atoms with van der Waals surface area (Å²) in [6, 6.07) is 4.74. The molecule has 1 aliphatic rings. The van der Waals surface area contributed by atoms with Crippen molar-refractivity contribution < 1.29 is 18.0 Å². The summed E-state index contributed by atoms with van der Waals surface area (Å²) >= 11 is 0. The van der Waals surface area contributed by atoms with E-state index in [1.165, 1.54) is 18.3 Å². The van der Waals surface area contributed by atoms with Gasteiger partial charge in [0.15, 0.2) is 11.6 Å². The van der Waals surface area contributed by atoms with Gasteiger partial charge in [0.2, 0.25) is 6.41 Å². The molecule has 1 N–H and O–H groups in total. The predicted octanol–water partition coefficient (Wildman–Crippen LogP) is 2.52. The van der Waals surface area contributed by atoms with E-state index < -0.39 is 11.7 Å². The lowest BCUT2D eigenvalue weighted by Gasteiger charge is -2.33. The van der Waals surface area contributed by atoms with Crippen molar-refractivity contribution in [1.82, 2.24) is 14.9 Å². The quantitative estimate of drug-likeness (QED) is 0.858. The number of hydrogen-bond donors (Lipinski definition) is 1. The van der Waals surface area contributed by atoms with E-state index in [0.29, 0.717) is 43.5 Å². The third kappa shape index (κ3) is 3.98. The number of halogens is 3. The first-order valence-electron chi connectivity index (χ1n) is 7.67. The van der Waals surface area contributed by atoms with Crippen molar-refractivity contribution in [3.8, 4) is 0 Å². The Bertz CT molecular complexity index is 727. The van der Waals surface area contributed by atoms with E-state index in [4.69, 9.17) is 0 Å². The average Bonchev–Trinajstić information content (AvgIpc) is 2.62. The first kappa shape index (κ1) is 17.0. The molecule has 9 heteroatoms. The number of nitrogens with one attached hydrogen (secondary N) is 1. The number of amides is 1. The minimum atomic E-state index is -4.37. The van der Waals surface area contributed by atoms with Gasteiger partial charge in [0.05, 0.1) is 5.56 Å². The first-order valence-corrected chi connectivity index (χ1v) is 7.67. The predicted molar refractivity (Wildman–Crippen MR) is 86.6 cm³/mol. The van der Waals surface area contributed by atoms with Gasteiger partial charge in [-0.05, 0) is 24.3 Å². The maximum atomic E-state index is 12.6. The largest absolute Gasteiger partial charge is 0.416 e. The molecule has 1 aliphatic heterocycles. The summed E-state index contributed by atoms with van der Waals surface area (Å²) in [5.74, 6) is 1.06. The molecule has 1 aromatic carbocycles. The summed E-state index contributed by atoms with van der Waals surface area (Å²) < 4.78 is 37.9. The second-order valence-corrected chi connectivity index (χ2v) is 5.56. The topological polar surface area (TPSA) is 61.4 Å². The van der Waals surface area contributed by atoms with Gasteiger partial charge in [0, 0.05) is 44.3 Å². The zero-order valence-corrected chi connectivity index (χ0v) is 13.2. The number of rotatable bonds is 4. The molecule has 1 fully saturated rings. The molecular formula is C16H16F3N5O. The van der Waals surface area contributed by atoms with Crippen molar-refractivity contribution in [2.75, 3.05) is 36.4 Å². The maximum Gasteiger partial charge on any atom is 0.416 e. The van der Waals surface area contributed by atoms with Crippen molar-refractivity contribution in [3.05, 3.63) is 42.2 Å². The smallest absolute Gasteiger partial charge is 0.350 e. The highest BCUT2D eigenvalue weighted by Crippen LogP contribution is 2.31. The molecule has 0 bridgehead atoms. The van der Waals surface area contributed by atoms with E-state index in [2.05, 4.69) is 15.3 Å². The summed E-state index contributed by atoms with van der Waals surface area (Å²) in [4.78, 5) is 23.0. The molecule has 2 heterocycles. The Labute approximate surface area is 142 Å². The lowest BCUT2D eigenvalue weighted by molar-refractivity contribution is -0.137. The van der Waals surface area contributed by atoms with Gasteiger partial charge in [0.1, 0.15) is 0 Å². The van der Waals surface area contributed by atoms with E-state index in [1.54, 1.807) is 11.1 Å². The van der Waals surface area contributed by atoms with Crippen molar-refractivity contribution in [1.29, 1.82) is 0 Å². The lowest BCUT2D eigenvalue weighted by atomic mass is 10.2. The van der Waals surface area contributed by atoms with Crippen LogP contribution < -0.4 is 10.2 Å². The number of anilines is 3. The second-order valence-electron chi connectivity index (χ2n) is 5.56. The van der Waals surface area contributed by atoms with Crippen molar-refractivity contribution >= 4 is 23.7 Å². The standard InChI is InChI=1S/C16H16F3N5O/c17-16(18,19)12-1-3-13(4-2-12)22-14-15(21-6-5-20-14)24-9-7-23(11-25)8-10-24/h1-6,11H,7-10H2,(H,20,22). The number of nitrogens with zero attached hydrogens (tertiary/aromatic N) is 4. The third-order valence-corrected chi connectivity index (χ3v) is 3.92. The molecule has 1 saturated heterocycles. The van der Waals surface area contributed by atoms with E-state index in [0.717, 1.165) is 18.5 Å². The molecule has 132 valence electrons. The molecule has 0 aliphatic carbocycles. The van der Waals surface area contributed by atoms with Crippen LogP contribution >= 0.6 is 0 Å². The molecule has 6 nitrogen and oxygen atoms in total. The Morgan fingerprint density at radius 3 is 2.24 bits per heavy atom. The highest BCUT2D eigenvalue weighted by molar-refractivity contribution is 5.68.